The molecule has 0 bridgehead atoms. The standard InChI is InChI=1S/C19H11NOS/c21-19-12-6-2-4-8-17(12)22-18-10-16-13(9-14(18)19)11-5-1-3-7-15(11)20-16/h1-10,20H. The molecule has 2 heterocycles. The fraction of sp³-hybridized carbons (Fsp3) is 0. The van der Waals surface area contributed by atoms with Crippen molar-refractivity contribution in [1.29, 1.82) is 0 Å². The van der Waals surface area contributed by atoms with Gasteiger partial charge in [0, 0.05) is 42.0 Å². The molecule has 5 aromatic rings. The van der Waals surface area contributed by atoms with E-state index in [-0.39, 0.29) is 5.43 Å². The van der Waals surface area contributed by atoms with Crippen LogP contribution in [-0.4, -0.2) is 4.98 Å². The lowest BCUT2D eigenvalue weighted by Gasteiger charge is -2.01. The molecule has 22 heavy (non-hydrogen) atoms. The minimum Gasteiger partial charge on any atom is -0.354 e. The molecule has 0 amide bonds. The maximum Gasteiger partial charge on any atom is 0.195 e. The van der Waals surface area contributed by atoms with Crippen molar-refractivity contribution < 1.29 is 0 Å². The molecule has 0 spiro atoms. The van der Waals surface area contributed by atoms with Gasteiger partial charge in [-0.2, -0.15) is 0 Å². The molecule has 0 fully saturated rings. The Bertz CT molecular complexity index is 1250. The Kier molecular flexibility index (Phi) is 2.27. The molecule has 0 saturated carbocycles. The van der Waals surface area contributed by atoms with Crippen LogP contribution in [-0.2, 0) is 0 Å². The molecule has 3 aromatic carbocycles. The van der Waals surface area contributed by atoms with E-state index in [1.54, 1.807) is 11.3 Å². The largest absolute Gasteiger partial charge is 0.354 e. The van der Waals surface area contributed by atoms with Gasteiger partial charge in [0.05, 0.1) is 0 Å². The Morgan fingerprint density at radius 2 is 1.45 bits per heavy atom. The van der Waals surface area contributed by atoms with E-state index in [4.69, 9.17) is 0 Å². The predicted molar refractivity (Wildman–Crippen MR) is 95.0 cm³/mol. The lowest BCUT2D eigenvalue weighted by atomic mass is 10.1. The van der Waals surface area contributed by atoms with Crippen molar-refractivity contribution in [2.45, 2.75) is 0 Å². The second-order valence-corrected chi connectivity index (χ2v) is 6.58. The molecule has 0 atom stereocenters. The van der Waals surface area contributed by atoms with E-state index in [1.165, 1.54) is 0 Å². The van der Waals surface area contributed by atoms with Crippen molar-refractivity contribution >= 4 is 53.3 Å². The predicted octanol–water partition coefficient (Wildman–Crippen LogP) is 5.05. The Labute approximate surface area is 129 Å². The molecule has 0 unspecified atom stereocenters. The fourth-order valence-electron chi connectivity index (χ4n) is 3.15. The first kappa shape index (κ1) is 12.0. The highest BCUT2D eigenvalue weighted by Crippen LogP contribution is 2.31. The van der Waals surface area contributed by atoms with Crippen LogP contribution in [0.5, 0.6) is 0 Å². The van der Waals surface area contributed by atoms with Crippen molar-refractivity contribution in [1.82, 2.24) is 4.98 Å². The molecule has 0 aliphatic rings. The third-order valence-corrected chi connectivity index (χ3v) is 5.34. The van der Waals surface area contributed by atoms with Gasteiger partial charge in [0.25, 0.3) is 0 Å². The Hall–Kier alpha value is -2.65. The van der Waals surface area contributed by atoms with Crippen LogP contribution in [0.25, 0.3) is 42.0 Å². The third-order valence-electron chi connectivity index (χ3n) is 4.20. The van der Waals surface area contributed by atoms with E-state index in [1.807, 2.05) is 42.5 Å². The Balaban J connectivity index is 2.06. The quantitative estimate of drug-likeness (QED) is 0.399. The van der Waals surface area contributed by atoms with Gasteiger partial charge < -0.3 is 4.98 Å². The first-order valence-corrected chi connectivity index (χ1v) is 7.99. The van der Waals surface area contributed by atoms with Gasteiger partial charge >= 0.3 is 0 Å². The molecular weight excluding hydrogens is 290 g/mol. The van der Waals surface area contributed by atoms with Gasteiger partial charge in [-0.1, -0.05) is 30.3 Å². The summed E-state index contributed by atoms with van der Waals surface area (Å²) in [5.74, 6) is 0. The van der Waals surface area contributed by atoms with Gasteiger partial charge in [0.15, 0.2) is 5.43 Å². The SMILES string of the molecule is O=c1c2ccccc2sc2cc3[nH]c4ccccc4c3cc12. The first-order valence-electron chi connectivity index (χ1n) is 7.17. The zero-order valence-electron chi connectivity index (χ0n) is 11.6. The Morgan fingerprint density at radius 1 is 0.682 bits per heavy atom. The molecular formula is C19H11NOS. The van der Waals surface area contributed by atoms with E-state index in [0.29, 0.717) is 0 Å². The summed E-state index contributed by atoms with van der Waals surface area (Å²) in [4.78, 5) is 16.2. The van der Waals surface area contributed by atoms with Gasteiger partial charge in [-0.3, -0.25) is 4.79 Å². The number of H-pyrrole nitrogens is 1. The number of rotatable bonds is 0. The second kappa shape index (κ2) is 4.18. The monoisotopic (exact) mass is 301 g/mol. The molecule has 0 aliphatic carbocycles. The number of nitrogens with one attached hydrogen (secondary N) is 1. The Morgan fingerprint density at radius 3 is 2.36 bits per heavy atom. The van der Waals surface area contributed by atoms with Gasteiger partial charge in [0.2, 0.25) is 0 Å². The summed E-state index contributed by atoms with van der Waals surface area (Å²) >= 11 is 1.67. The zero-order chi connectivity index (χ0) is 14.7. The van der Waals surface area contributed by atoms with Crippen molar-refractivity contribution in [3.8, 4) is 0 Å². The van der Waals surface area contributed by atoms with Crippen LogP contribution in [0, 0.1) is 0 Å². The van der Waals surface area contributed by atoms with E-state index in [9.17, 15) is 4.79 Å². The van der Waals surface area contributed by atoms with Gasteiger partial charge in [-0.05, 0) is 30.3 Å². The second-order valence-electron chi connectivity index (χ2n) is 5.49. The molecule has 104 valence electrons. The summed E-state index contributed by atoms with van der Waals surface area (Å²) in [6, 6.07) is 20.2. The maximum atomic E-state index is 12.8. The minimum atomic E-state index is 0.122. The van der Waals surface area contributed by atoms with Crippen LogP contribution in [0.3, 0.4) is 0 Å². The molecule has 5 rings (SSSR count). The molecule has 0 radical (unpaired) electrons. The van der Waals surface area contributed by atoms with Gasteiger partial charge in [-0.15, -0.1) is 11.3 Å². The molecule has 0 saturated heterocycles. The number of fused-ring (bicyclic) bond motifs is 5. The minimum absolute atomic E-state index is 0.122. The summed E-state index contributed by atoms with van der Waals surface area (Å²) in [5.41, 5.74) is 2.31. The van der Waals surface area contributed by atoms with E-state index in [0.717, 1.165) is 42.0 Å². The van der Waals surface area contributed by atoms with E-state index < -0.39 is 0 Å². The average Bonchev–Trinajstić information content (AvgIpc) is 2.91. The number of para-hydroxylation sites is 1. The topological polar surface area (TPSA) is 32.9 Å². The van der Waals surface area contributed by atoms with Crippen molar-refractivity contribution in [3.05, 3.63) is 70.9 Å². The van der Waals surface area contributed by atoms with Gasteiger partial charge in [-0.25, -0.2) is 0 Å². The van der Waals surface area contributed by atoms with Crippen LogP contribution >= 0.6 is 11.3 Å². The summed E-state index contributed by atoms with van der Waals surface area (Å²) in [6.45, 7) is 0. The third kappa shape index (κ3) is 1.51. The normalized spacial score (nSPS) is 11.8. The zero-order valence-corrected chi connectivity index (χ0v) is 12.4. The summed E-state index contributed by atoms with van der Waals surface area (Å²) in [5, 5.41) is 3.89. The number of hydrogen-bond acceptors (Lipinski definition) is 2. The summed E-state index contributed by atoms with van der Waals surface area (Å²) in [7, 11) is 0. The molecule has 3 heteroatoms. The summed E-state index contributed by atoms with van der Waals surface area (Å²) < 4.78 is 2.07. The van der Waals surface area contributed by atoms with Gasteiger partial charge in [0.1, 0.15) is 0 Å². The maximum absolute atomic E-state index is 12.8. The fourth-order valence-corrected chi connectivity index (χ4v) is 4.24. The highest BCUT2D eigenvalue weighted by molar-refractivity contribution is 7.24. The van der Waals surface area contributed by atoms with Crippen LogP contribution in [0.1, 0.15) is 0 Å². The molecule has 1 N–H and O–H groups in total. The first-order chi connectivity index (χ1) is 10.8. The van der Waals surface area contributed by atoms with Crippen LogP contribution < -0.4 is 5.43 Å². The number of aromatic nitrogens is 1. The van der Waals surface area contributed by atoms with Crippen LogP contribution in [0.15, 0.2) is 65.5 Å². The van der Waals surface area contributed by atoms with E-state index >= 15 is 0 Å². The highest BCUT2D eigenvalue weighted by Gasteiger charge is 2.10. The smallest absolute Gasteiger partial charge is 0.195 e. The average molecular weight is 301 g/mol. The van der Waals surface area contributed by atoms with Crippen LogP contribution in [0.2, 0.25) is 0 Å². The highest BCUT2D eigenvalue weighted by atomic mass is 32.1. The number of aromatic amines is 1. The molecule has 2 aromatic heterocycles. The number of benzene rings is 3. The summed E-state index contributed by atoms with van der Waals surface area (Å²) in [6.07, 6.45) is 0. The lowest BCUT2D eigenvalue weighted by Crippen LogP contribution is -2.00. The lowest BCUT2D eigenvalue weighted by molar-refractivity contribution is 1.56. The van der Waals surface area contributed by atoms with E-state index in [2.05, 4.69) is 23.2 Å². The van der Waals surface area contributed by atoms with Crippen molar-refractivity contribution in [2.75, 3.05) is 0 Å². The van der Waals surface area contributed by atoms with Crippen molar-refractivity contribution in [2.24, 2.45) is 0 Å². The van der Waals surface area contributed by atoms with Crippen LogP contribution in [0.4, 0.5) is 0 Å². The molecule has 2 nitrogen and oxygen atoms in total. The van der Waals surface area contributed by atoms with Crippen molar-refractivity contribution in [3.63, 3.8) is 0 Å². The number of hydrogen-bond donors (Lipinski definition) is 1. The molecule has 0 aliphatic heterocycles.